The van der Waals surface area contributed by atoms with Crippen molar-refractivity contribution < 1.29 is 14.6 Å². The Hall–Kier alpha value is -1.25. The molecule has 0 spiro atoms. The summed E-state index contributed by atoms with van der Waals surface area (Å²) in [6, 6.07) is 0. The number of carboxylic acid groups (broad SMARTS) is 1. The number of allylic oxidation sites excluding steroid dienone is 3. The van der Waals surface area contributed by atoms with Crippen LogP contribution in [0.15, 0.2) is 23.8 Å². The summed E-state index contributed by atoms with van der Waals surface area (Å²) in [6.07, 6.45) is 42.6. The Morgan fingerprint density at radius 1 is 0.796 bits per heavy atom. The Balaban J connectivity index is 1.04. The Bertz CT molecular complexity index is 1010. The van der Waals surface area contributed by atoms with E-state index in [0.29, 0.717) is 5.41 Å². The predicted molar refractivity (Wildman–Crippen MR) is 209 cm³/mol. The van der Waals surface area contributed by atoms with Crippen LogP contribution in [0.1, 0.15) is 208 Å². The van der Waals surface area contributed by atoms with Gasteiger partial charge in [-0.3, -0.25) is 0 Å². The summed E-state index contributed by atoms with van der Waals surface area (Å²) >= 11 is 0. The first-order valence-electron chi connectivity index (χ1n) is 21.9. The molecule has 9 atom stereocenters. The van der Waals surface area contributed by atoms with Crippen LogP contribution in [0.2, 0.25) is 0 Å². The van der Waals surface area contributed by atoms with Crippen molar-refractivity contribution in [3.63, 3.8) is 0 Å². The zero-order valence-corrected chi connectivity index (χ0v) is 33.1. The summed E-state index contributed by atoms with van der Waals surface area (Å²) in [5.74, 6) is 5.10. The lowest BCUT2D eigenvalue weighted by Crippen LogP contribution is -2.51. The summed E-state index contributed by atoms with van der Waals surface area (Å²) < 4.78 is 5.23. The Morgan fingerprint density at radius 3 is 2.10 bits per heavy atom. The normalized spacial score (nSPS) is 32.3. The number of unbranched alkanes of at least 4 members (excludes halogenated alkanes) is 13. The van der Waals surface area contributed by atoms with Crippen LogP contribution in [-0.4, -0.2) is 17.4 Å². The smallest absolute Gasteiger partial charge is 0.450 e. The van der Waals surface area contributed by atoms with E-state index in [1.165, 1.54) is 160 Å². The third-order valence-electron chi connectivity index (χ3n) is 14.9. The number of hydrogen-bond acceptors (Lipinski definition) is 2. The van der Waals surface area contributed by atoms with Crippen molar-refractivity contribution in [2.75, 3.05) is 0 Å². The fourth-order valence-electron chi connectivity index (χ4n) is 11.9. The van der Waals surface area contributed by atoms with Gasteiger partial charge in [0.2, 0.25) is 0 Å². The van der Waals surface area contributed by atoms with Gasteiger partial charge in [-0.1, -0.05) is 155 Å². The standard InChI is InChI=1S/C46H80O3/c1-6-7-8-9-10-11-12-13-14-15-16-17-18-19-20-21-22-24-36(2)25-23-26-37(3)41-29-30-42-40-28-27-38-35-39(49-44(47)48)31-33-45(38,4)43(40)32-34-46(41,42)5/h13-14,27,36-37,39-43H,6-12,15-26,28-35H2,1-5H3,(H,47,48)/t36?,37-,39+,40+,41-,42+,43+,45+,46-/m1/s1. The van der Waals surface area contributed by atoms with Gasteiger partial charge < -0.3 is 9.84 Å². The number of ether oxygens (including phenoxy) is 1. The van der Waals surface area contributed by atoms with Crippen molar-refractivity contribution in [2.45, 2.75) is 214 Å². The van der Waals surface area contributed by atoms with Gasteiger partial charge in [0.05, 0.1) is 0 Å². The van der Waals surface area contributed by atoms with Crippen molar-refractivity contribution in [3.05, 3.63) is 23.8 Å². The molecule has 0 aromatic carbocycles. The second-order valence-corrected chi connectivity index (χ2v) is 18.3. The topological polar surface area (TPSA) is 46.5 Å². The molecule has 4 aliphatic carbocycles. The molecular formula is C46H80O3. The van der Waals surface area contributed by atoms with Gasteiger partial charge in [0.25, 0.3) is 0 Å². The molecule has 4 rings (SSSR count). The van der Waals surface area contributed by atoms with E-state index in [2.05, 4.69) is 52.8 Å². The zero-order valence-electron chi connectivity index (χ0n) is 33.1. The molecule has 49 heavy (non-hydrogen) atoms. The van der Waals surface area contributed by atoms with Crippen LogP contribution in [0.25, 0.3) is 0 Å². The third kappa shape index (κ3) is 11.6. The minimum absolute atomic E-state index is 0.140. The van der Waals surface area contributed by atoms with Crippen LogP contribution in [0.4, 0.5) is 4.79 Å². The molecule has 3 heteroatoms. The second-order valence-electron chi connectivity index (χ2n) is 18.3. The van der Waals surface area contributed by atoms with Gasteiger partial charge in [0.1, 0.15) is 6.10 Å². The SMILES string of the molecule is CCCCCCCCC=CCCCCCCCCCC(C)CCC[C@@H](C)[C@H]1CC[C@H]2[C@@H]3CC=C4C[C@@H](OC(=O)O)CC[C@]4(C)[C@H]3CC[C@]12C. The van der Waals surface area contributed by atoms with E-state index in [1.807, 2.05) is 0 Å². The molecule has 0 aliphatic heterocycles. The van der Waals surface area contributed by atoms with Crippen LogP contribution in [0, 0.1) is 46.3 Å². The number of carbonyl (C=O) groups is 1. The van der Waals surface area contributed by atoms with Crippen molar-refractivity contribution >= 4 is 6.16 Å². The van der Waals surface area contributed by atoms with Gasteiger partial charge in [-0.15, -0.1) is 0 Å². The molecule has 0 bridgehead atoms. The van der Waals surface area contributed by atoms with Gasteiger partial charge in [0, 0.05) is 6.42 Å². The van der Waals surface area contributed by atoms with E-state index >= 15 is 0 Å². The van der Waals surface area contributed by atoms with Gasteiger partial charge >= 0.3 is 6.16 Å². The largest absolute Gasteiger partial charge is 0.506 e. The van der Waals surface area contributed by atoms with E-state index in [0.717, 1.165) is 54.8 Å². The zero-order chi connectivity index (χ0) is 35.1. The molecule has 1 N–H and O–H groups in total. The van der Waals surface area contributed by atoms with E-state index in [1.54, 1.807) is 0 Å². The summed E-state index contributed by atoms with van der Waals surface area (Å²) in [5.41, 5.74) is 2.29. The monoisotopic (exact) mass is 681 g/mol. The number of fused-ring (bicyclic) bond motifs is 5. The summed E-state index contributed by atoms with van der Waals surface area (Å²) in [4.78, 5) is 11.2. The highest BCUT2D eigenvalue weighted by molar-refractivity contribution is 5.57. The van der Waals surface area contributed by atoms with Crippen LogP contribution in [0.5, 0.6) is 0 Å². The van der Waals surface area contributed by atoms with Gasteiger partial charge in [0.15, 0.2) is 0 Å². The fraction of sp³-hybridized carbons (Fsp3) is 0.891. The molecule has 3 fully saturated rings. The molecule has 0 heterocycles. The molecular weight excluding hydrogens is 601 g/mol. The van der Waals surface area contributed by atoms with Crippen LogP contribution < -0.4 is 0 Å². The van der Waals surface area contributed by atoms with Crippen LogP contribution in [-0.2, 0) is 4.74 Å². The van der Waals surface area contributed by atoms with Crippen molar-refractivity contribution in [1.82, 2.24) is 0 Å². The van der Waals surface area contributed by atoms with Crippen molar-refractivity contribution in [1.29, 1.82) is 0 Å². The molecule has 0 aromatic rings. The molecule has 282 valence electrons. The molecule has 3 nitrogen and oxygen atoms in total. The second kappa shape index (κ2) is 20.7. The highest BCUT2D eigenvalue weighted by Gasteiger charge is 2.59. The Labute approximate surface area is 304 Å². The predicted octanol–water partition coefficient (Wildman–Crippen LogP) is 14.9. The number of rotatable bonds is 23. The molecule has 0 amide bonds. The van der Waals surface area contributed by atoms with E-state index in [9.17, 15) is 9.90 Å². The lowest BCUT2D eigenvalue weighted by Gasteiger charge is -2.58. The lowest BCUT2D eigenvalue weighted by molar-refractivity contribution is -0.0601. The first-order chi connectivity index (χ1) is 23.7. The summed E-state index contributed by atoms with van der Waals surface area (Å²) in [6.45, 7) is 12.6. The fourth-order valence-corrected chi connectivity index (χ4v) is 11.9. The quantitative estimate of drug-likeness (QED) is 0.0664. The average molecular weight is 681 g/mol. The van der Waals surface area contributed by atoms with E-state index in [4.69, 9.17) is 4.74 Å². The van der Waals surface area contributed by atoms with Crippen molar-refractivity contribution in [2.24, 2.45) is 46.3 Å². The first-order valence-corrected chi connectivity index (χ1v) is 21.9. The van der Waals surface area contributed by atoms with E-state index in [-0.39, 0.29) is 11.5 Å². The lowest BCUT2D eigenvalue weighted by atomic mass is 9.47. The maximum atomic E-state index is 11.2. The van der Waals surface area contributed by atoms with Crippen LogP contribution >= 0.6 is 0 Å². The molecule has 1 unspecified atom stereocenters. The Morgan fingerprint density at radius 2 is 1.43 bits per heavy atom. The van der Waals surface area contributed by atoms with Crippen molar-refractivity contribution in [3.8, 4) is 0 Å². The summed E-state index contributed by atoms with van der Waals surface area (Å²) in [7, 11) is 0. The van der Waals surface area contributed by atoms with Gasteiger partial charge in [-0.05, 0) is 117 Å². The third-order valence-corrected chi connectivity index (χ3v) is 14.9. The molecule has 0 radical (unpaired) electrons. The van der Waals surface area contributed by atoms with E-state index < -0.39 is 6.16 Å². The maximum Gasteiger partial charge on any atom is 0.506 e. The number of hydrogen-bond donors (Lipinski definition) is 1. The molecule has 4 aliphatic rings. The Kier molecular flexibility index (Phi) is 17.1. The van der Waals surface area contributed by atoms with Gasteiger partial charge in [-0.2, -0.15) is 0 Å². The highest BCUT2D eigenvalue weighted by atomic mass is 16.7. The maximum absolute atomic E-state index is 11.2. The molecule has 3 saturated carbocycles. The minimum atomic E-state index is -1.11. The highest BCUT2D eigenvalue weighted by Crippen LogP contribution is 2.67. The molecule has 0 saturated heterocycles. The average Bonchev–Trinajstić information content (AvgIpc) is 3.43. The molecule has 0 aromatic heterocycles. The minimum Gasteiger partial charge on any atom is -0.450 e. The first kappa shape index (κ1) is 40.5. The summed E-state index contributed by atoms with van der Waals surface area (Å²) in [5, 5.41) is 9.17. The van der Waals surface area contributed by atoms with Gasteiger partial charge in [-0.25, -0.2) is 4.79 Å². The van der Waals surface area contributed by atoms with Crippen LogP contribution in [0.3, 0.4) is 0 Å².